The maximum absolute atomic E-state index is 12.1. The molecule has 2 unspecified atom stereocenters. The predicted octanol–water partition coefficient (Wildman–Crippen LogP) is 3.46. The fourth-order valence-corrected chi connectivity index (χ4v) is 2.05. The fraction of sp³-hybridized carbons (Fsp3) is 0.500. The van der Waals surface area contributed by atoms with Crippen LogP contribution < -0.4 is 11.1 Å². The van der Waals surface area contributed by atoms with E-state index in [1.54, 1.807) is 6.92 Å². The van der Waals surface area contributed by atoms with Crippen LogP contribution in [0.4, 0.5) is 0 Å². The van der Waals surface area contributed by atoms with Gasteiger partial charge >= 0.3 is 0 Å². The van der Waals surface area contributed by atoms with Gasteiger partial charge in [-0.1, -0.05) is 37.1 Å². The van der Waals surface area contributed by atoms with E-state index in [0.717, 1.165) is 12.0 Å². The maximum atomic E-state index is 12.1. The summed E-state index contributed by atoms with van der Waals surface area (Å²) in [6.45, 7) is 5.70. The molecule has 5 heteroatoms. The lowest BCUT2D eigenvalue weighted by atomic mass is 9.95. The van der Waals surface area contributed by atoms with Crippen LogP contribution in [0.25, 0.3) is 0 Å². The number of hydrogen-bond donors (Lipinski definition) is 2. The van der Waals surface area contributed by atoms with Gasteiger partial charge in [-0.25, -0.2) is 0 Å². The van der Waals surface area contributed by atoms with E-state index in [-0.39, 0.29) is 24.4 Å². The van der Waals surface area contributed by atoms with Crippen LogP contribution in [-0.2, 0) is 4.79 Å². The van der Waals surface area contributed by atoms with Gasteiger partial charge in [-0.2, -0.15) is 0 Å². The Hall–Kier alpha value is -0.770. The first kappa shape index (κ1) is 18.2. The molecule has 0 saturated carbocycles. The highest BCUT2D eigenvalue weighted by molar-refractivity contribution is 6.30. The number of hydrogen-bond acceptors (Lipinski definition) is 2. The molecule has 0 aliphatic rings. The zero-order valence-electron chi connectivity index (χ0n) is 11.6. The maximum Gasteiger partial charge on any atom is 0.240 e. The predicted molar refractivity (Wildman–Crippen MR) is 82.8 cm³/mol. The van der Waals surface area contributed by atoms with Gasteiger partial charge in [0.05, 0.1) is 11.6 Å². The van der Waals surface area contributed by atoms with Crippen LogP contribution in [0.15, 0.2) is 24.3 Å². The van der Waals surface area contributed by atoms with Gasteiger partial charge in [0.1, 0.15) is 0 Å². The fourth-order valence-electron chi connectivity index (χ4n) is 1.85. The van der Waals surface area contributed by atoms with E-state index in [1.165, 1.54) is 0 Å². The summed E-state index contributed by atoms with van der Waals surface area (Å²) in [5, 5.41) is 3.59. The van der Waals surface area contributed by atoms with Crippen molar-refractivity contribution in [2.24, 2.45) is 5.73 Å². The Bertz CT molecular complexity index is 422. The molecular formula is C14H22Cl2N2O. The third-order valence-electron chi connectivity index (χ3n) is 2.98. The van der Waals surface area contributed by atoms with Gasteiger partial charge in [-0.3, -0.25) is 4.79 Å². The summed E-state index contributed by atoms with van der Waals surface area (Å²) in [7, 11) is 0. The van der Waals surface area contributed by atoms with Gasteiger partial charge < -0.3 is 11.1 Å². The van der Waals surface area contributed by atoms with Crippen molar-refractivity contribution >= 4 is 29.9 Å². The third kappa shape index (κ3) is 5.39. The van der Waals surface area contributed by atoms with Crippen molar-refractivity contribution in [3.05, 3.63) is 34.9 Å². The van der Waals surface area contributed by atoms with Crippen LogP contribution in [0.2, 0.25) is 5.02 Å². The van der Waals surface area contributed by atoms with E-state index >= 15 is 0 Å². The molecule has 3 N–H and O–H groups in total. The van der Waals surface area contributed by atoms with E-state index in [9.17, 15) is 4.79 Å². The summed E-state index contributed by atoms with van der Waals surface area (Å²) in [6.07, 6.45) is 1.55. The Labute approximate surface area is 126 Å². The molecule has 19 heavy (non-hydrogen) atoms. The van der Waals surface area contributed by atoms with Crippen LogP contribution in [0, 0.1) is 0 Å². The van der Waals surface area contributed by atoms with Gasteiger partial charge in [-0.15, -0.1) is 12.4 Å². The molecule has 1 rings (SSSR count). The Kier molecular flexibility index (Phi) is 7.42. The second-order valence-electron chi connectivity index (χ2n) is 4.92. The summed E-state index contributed by atoms with van der Waals surface area (Å²) < 4.78 is 0. The largest absolute Gasteiger partial charge is 0.348 e. The molecule has 1 aromatic rings. The first-order chi connectivity index (χ1) is 8.36. The number of halogens is 2. The second-order valence-corrected chi connectivity index (χ2v) is 5.35. The number of rotatable bonds is 5. The average Bonchev–Trinajstić information content (AvgIpc) is 2.28. The molecule has 3 nitrogen and oxygen atoms in total. The summed E-state index contributed by atoms with van der Waals surface area (Å²) >= 11 is 5.93. The van der Waals surface area contributed by atoms with E-state index in [4.69, 9.17) is 17.3 Å². The minimum Gasteiger partial charge on any atom is -0.348 e. The standard InChI is InChI=1S/C14H21ClN2O.ClH/c1-4-8-14(3,16)13(18)17-10(2)11-6-5-7-12(15)9-11;/h5-7,9-10H,4,8,16H2,1-3H3,(H,17,18);1H. The Morgan fingerprint density at radius 1 is 1.53 bits per heavy atom. The number of carbonyl (C=O) groups is 1. The van der Waals surface area contributed by atoms with E-state index in [2.05, 4.69) is 5.32 Å². The summed E-state index contributed by atoms with van der Waals surface area (Å²) in [4.78, 5) is 12.1. The zero-order chi connectivity index (χ0) is 13.8. The highest BCUT2D eigenvalue weighted by Gasteiger charge is 2.28. The van der Waals surface area contributed by atoms with Gasteiger partial charge in [0, 0.05) is 5.02 Å². The Balaban J connectivity index is 0.00000324. The van der Waals surface area contributed by atoms with Gasteiger partial charge in [0.2, 0.25) is 5.91 Å². The molecule has 0 aliphatic carbocycles. The molecule has 0 radical (unpaired) electrons. The number of nitrogens with two attached hydrogens (primary N) is 1. The first-order valence-corrected chi connectivity index (χ1v) is 6.60. The lowest BCUT2D eigenvalue weighted by Gasteiger charge is -2.25. The lowest BCUT2D eigenvalue weighted by molar-refractivity contribution is -0.126. The molecule has 0 heterocycles. The van der Waals surface area contributed by atoms with Crippen LogP contribution in [-0.4, -0.2) is 11.4 Å². The minimum absolute atomic E-state index is 0. The topological polar surface area (TPSA) is 55.1 Å². The first-order valence-electron chi connectivity index (χ1n) is 6.22. The molecule has 108 valence electrons. The quantitative estimate of drug-likeness (QED) is 0.875. The van der Waals surface area contributed by atoms with Crippen molar-refractivity contribution in [2.75, 3.05) is 0 Å². The van der Waals surface area contributed by atoms with E-state index in [0.29, 0.717) is 11.4 Å². The highest BCUT2D eigenvalue weighted by atomic mass is 35.5. The van der Waals surface area contributed by atoms with Crippen LogP contribution in [0.5, 0.6) is 0 Å². The number of amides is 1. The van der Waals surface area contributed by atoms with Crippen LogP contribution in [0.1, 0.15) is 45.2 Å². The van der Waals surface area contributed by atoms with Crippen LogP contribution >= 0.6 is 24.0 Å². The minimum atomic E-state index is -0.818. The third-order valence-corrected chi connectivity index (χ3v) is 3.22. The van der Waals surface area contributed by atoms with E-state index < -0.39 is 5.54 Å². The normalized spacial score (nSPS) is 15.0. The average molecular weight is 305 g/mol. The molecule has 0 bridgehead atoms. The van der Waals surface area contributed by atoms with Crippen LogP contribution in [0.3, 0.4) is 0 Å². The summed E-state index contributed by atoms with van der Waals surface area (Å²) in [6, 6.07) is 7.36. The molecule has 0 fully saturated rings. The number of benzene rings is 1. The molecule has 1 amide bonds. The van der Waals surface area contributed by atoms with Gasteiger partial charge in [0.15, 0.2) is 0 Å². The molecular weight excluding hydrogens is 283 g/mol. The smallest absolute Gasteiger partial charge is 0.240 e. The molecule has 0 spiro atoms. The molecule has 0 saturated heterocycles. The van der Waals surface area contributed by atoms with Crippen molar-refractivity contribution in [3.8, 4) is 0 Å². The Morgan fingerprint density at radius 3 is 2.68 bits per heavy atom. The summed E-state index contributed by atoms with van der Waals surface area (Å²) in [5.41, 5.74) is 6.15. The van der Waals surface area contributed by atoms with Crippen molar-refractivity contribution in [1.29, 1.82) is 0 Å². The number of nitrogens with one attached hydrogen (secondary N) is 1. The highest BCUT2D eigenvalue weighted by Crippen LogP contribution is 2.18. The lowest BCUT2D eigenvalue weighted by Crippen LogP contribution is -2.52. The molecule has 2 atom stereocenters. The molecule has 1 aromatic carbocycles. The zero-order valence-corrected chi connectivity index (χ0v) is 13.1. The van der Waals surface area contributed by atoms with E-state index in [1.807, 2.05) is 38.1 Å². The number of carbonyl (C=O) groups excluding carboxylic acids is 1. The van der Waals surface area contributed by atoms with Crippen molar-refractivity contribution < 1.29 is 4.79 Å². The van der Waals surface area contributed by atoms with Crippen molar-refractivity contribution in [1.82, 2.24) is 5.32 Å². The molecule has 0 aromatic heterocycles. The van der Waals surface area contributed by atoms with Crippen molar-refractivity contribution in [2.45, 2.75) is 45.2 Å². The SMILES string of the molecule is CCCC(C)(N)C(=O)NC(C)c1cccc(Cl)c1.Cl. The molecule has 0 aliphatic heterocycles. The Morgan fingerprint density at radius 2 is 2.16 bits per heavy atom. The van der Waals surface area contributed by atoms with Gasteiger partial charge in [0.25, 0.3) is 0 Å². The monoisotopic (exact) mass is 304 g/mol. The van der Waals surface area contributed by atoms with Gasteiger partial charge in [-0.05, 0) is 38.0 Å². The second kappa shape index (κ2) is 7.73. The van der Waals surface area contributed by atoms with Crippen molar-refractivity contribution in [3.63, 3.8) is 0 Å². The summed E-state index contributed by atoms with van der Waals surface area (Å²) in [5.74, 6) is -0.128.